The molecule has 2 aromatic carbocycles. The number of carbonyl (C=O) groups is 1. The van der Waals surface area contributed by atoms with Gasteiger partial charge in [0.05, 0.1) is 45.5 Å². The molecule has 0 saturated heterocycles. The van der Waals surface area contributed by atoms with Gasteiger partial charge < -0.3 is 19.6 Å². The molecule has 1 aliphatic rings. The summed E-state index contributed by atoms with van der Waals surface area (Å²) in [4.78, 5) is 24.5. The molecule has 46 heavy (non-hydrogen) atoms. The number of hydrogen-bond acceptors (Lipinski definition) is 6. The molecule has 0 saturated carbocycles. The molecule has 8 heteroatoms. The van der Waals surface area contributed by atoms with Crippen molar-refractivity contribution in [3.05, 3.63) is 88.8 Å². The smallest absolute Gasteiger partial charge is 0.280 e. The number of nitrogens with zero attached hydrogens (tertiary/aromatic N) is 1. The highest BCUT2D eigenvalue weighted by Gasteiger charge is 2.34. The fourth-order valence-corrected chi connectivity index (χ4v) is 7.65. The summed E-state index contributed by atoms with van der Waals surface area (Å²) in [5, 5.41) is 11.0. The third kappa shape index (κ3) is 7.13. The molecule has 5 aromatic rings. The van der Waals surface area contributed by atoms with Crippen LogP contribution in [0.3, 0.4) is 0 Å². The van der Waals surface area contributed by atoms with Crippen LogP contribution in [0.1, 0.15) is 86.0 Å². The van der Waals surface area contributed by atoms with Gasteiger partial charge in [-0.3, -0.25) is 4.79 Å². The zero-order valence-corrected chi connectivity index (χ0v) is 28.1. The standard InChI is InChI=1S/C38H40N2O4S2/c1-3-5-7-9-23-43-27-15-11-25(12-16-27)29-19-21-31(45-29)35-33-34(38(42)39-35)36(40-37(33)41)32-22-20-30(46-32)26-13-17-28(18-14-26)44-24-10-8-6-4-2/h11-22,39,42H,3-10,23-24H2,1-2H3. The maximum Gasteiger partial charge on any atom is 0.280 e. The van der Waals surface area contributed by atoms with E-state index in [0.29, 0.717) is 22.5 Å². The van der Waals surface area contributed by atoms with E-state index >= 15 is 0 Å². The molecule has 0 bridgehead atoms. The summed E-state index contributed by atoms with van der Waals surface area (Å²) in [7, 11) is 0. The molecule has 238 valence electrons. The quantitative estimate of drug-likeness (QED) is 0.104. The van der Waals surface area contributed by atoms with Crippen molar-refractivity contribution >= 4 is 34.3 Å². The molecule has 6 rings (SSSR count). The van der Waals surface area contributed by atoms with Crippen LogP contribution in [-0.4, -0.2) is 34.9 Å². The van der Waals surface area contributed by atoms with E-state index in [-0.39, 0.29) is 11.8 Å². The molecule has 0 spiro atoms. The first-order chi connectivity index (χ1) is 22.6. The van der Waals surface area contributed by atoms with Crippen LogP contribution in [0.15, 0.2) is 77.8 Å². The number of nitrogens with one attached hydrogen (secondary N) is 1. The van der Waals surface area contributed by atoms with E-state index in [4.69, 9.17) is 9.47 Å². The molecule has 1 aliphatic heterocycles. The van der Waals surface area contributed by atoms with Crippen LogP contribution in [-0.2, 0) is 0 Å². The van der Waals surface area contributed by atoms with Gasteiger partial charge in [-0.15, -0.1) is 22.7 Å². The van der Waals surface area contributed by atoms with Crippen LogP contribution in [0, 0.1) is 0 Å². The number of rotatable bonds is 16. The molecular formula is C38H40N2O4S2. The van der Waals surface area contributed by atoms with Gasteiger partial charge in [0.1, 0.15) is 11.5 Å². The second kappa shape index (κ2) is 15.0. The molecule has 2 N–H and O–H groups in total. The van der Waals surface area contributed by atoms with Gasteiger partial charge in [-0.25, -0.2) is 4.99 Å². The molecule has 0 fully saturated rings. The summed E-state index contributed by atoms with van der Waals surface area (Å²) < 4.78 is 11.8. The van der Waals surface area contributed by atoms with Crippen LogP contribution < -0.4 is 9.47 Å². The van der Waals surface area contributed by atoms with E-state index in [2.05, 4.69) is 48.1 Å². The molecule has 6 nitrogen and oxygen atoms in total. The molecule has 0 unspecified atom stereocenters. The largest absolute Gasteiger partial charge is 0.494 e. The van der Waals surface area contributed by atoms with E-state index < -0.39 is 0 Å². The van der Waals surface area contributed by atoms with Gasteiger partial charge in [0.15, 0.2) is 5.88 Å². The van der Waals surface area contributed by atoms with Crippen LogP contribution in [0.5, 0.6) is 17.4 Å². The lowest BCUT2D eigenvalue weighted by atomic mass is 10.1. The number of aliphatic imine (C=N–C) groups is 1. The Balaban J connectivity index is 1.14. The number of H-pyrrole nitrogens is 1. The predicted octanol–water partition coefficient (Wildman–Crippen LogP) is 10.8. The Morgan fingerprint density at radius 2 is 1.13 bits per heavy atom. The van der Waals surface area contributed by atoms with Crippen molar-refractivity contribution < 1.29 is 19.4 Å². The Bertz CT molecular complexity index is 1790. The average Bonchev–Trinajstić information content (AvgIpc) is 3.88. The van der Waals surface area contributed by atoms with Crippen LogP contribution in [0.25, 0.3) is 31.5 Å². The molecule has 0 atom stereocenters. The van der Waals surface area contributed by atoms with Gasteiger partial charge >= 0.3 is 0 Å². The summed E-state index contributed by atoms with van der Waals surface area (Å²) in [6.07, 6.45) is 9.42. The first-order valence-electron chi connectivity index (χ1n) is 16.3. The summed E-state index contributed by atoms with van der Waals surface area (Å²) in [5.41, 5.74) is 4.13. The van der Waals surface area contributed by atoms with Crippen molar-refractivity contribution in [2.45, 2.75) is 65.2 Å². The van der Waals surface area contributed by atoms with Crippen molar-refractivity contribution in [1.82, 2.24) is 4.98 Å². The first kappa shape index (κ1) is 31.8. The number of aromatic hydroxyl groups is 1. The van der Waals surface area contributed by atoms with Crippen LogP contribution >= 0.6 is 22.7 Å². The second-order valence-electron chi connectivity index (χ2n) is 11.6. The summed E-state index contributed by atoms with van der Waals surface area (Å²) in [6.45, 7) is 5.88. The summed E-state index contributed by atoms with van der Waals surface area (Å²) >= 11 is 3.12. The zero-order chi connectivity index (χ0) is 31.9. The third-order valence-corrected chi connectivity index (χ3v) is 10.4. The molecule has 1 amide bonds. The van der Waals surface area contributed by atoms with Crippen molar-refractivity contribution in [1.29, 1.82) is 0 Å². The number of ether oxygens (including phenoxy) is 2. The maximum atomic E-state index is 13.2. The van der Waals surface area contributed by atoms with Gasteiger partial charge in [-0.1, -0.05) is 52.4 Å². The second-order valence-corrected chi connectivity index (χ2v) is 13.7. The number of amides is 1. The summed E-state index contributed by atoms with van der Waals surface area (Å²) in [5.74, 6) is 1.35. The Kier molecular flexibility index (Phi) is 10.4. The molecule has 3 aromatic heterocycles. The maximum absolute atomic E-state index is 13.2. The van der Waals surface area contributed by atoms with Crippen molar-refractivity contribution in [3.8, 4) is 48.8 Å². The fourth-order valence-electron chi connectivity index (χ4n) is 5.62. The van der Waals surface area contributed by atoms with E-state index in [1.807, 2.05) is 48.5 Å². The van der Waals surface area contributed by atoms with Gasteiger partial charge in [-0.2, -0.15) is 0 Å². The number of aromatic amines is 1. The SMILES string of the molecule is CCCCCCOc1ccc(-c2ccc(C3=NC(=O)c4c(-c5ccc(-c6ccc(OCCCCCC)cc6)s5)[nH]c(O)c43)s2)cc1. The number of unbranched alkanes of at least 4 members (excludes halogenated alkanes) is 6. The lowest BCUT2D eigenvalue weighted by molar-refractivity contribution is 0.101. The monoisotopic (exact) mass is 652 g/mol. The van der Waals surface area contributed by atoms with Crippen molar-refractivity contribution in [3.63, 3.8) is 0 Å². The van der Waals surface area contributed by atoms with Gasteiger partial charge in [0, 0.05) is 9.75 Å². The lowest BCUT2D eigenvalue weighted by Crippen LogP contribution is -1.96. The van der Waals surface area contributed by atoms with Crippen molar-refractivity contribution in [2.24, 2.45) is 4.99 Å². The Morgan fingerprint density at radius 3 is 1.67 bits per heavy atom. The fraction of sp³-hybridized carbons (Fsp3) is 0.316. The molecule has 4 heterocycles. The first-order valence-corrected chi connectivity index (χ1v) is 17.9. The van der Waals surface area contributed by atoms with E-state index in [1.54, 1.807) is 22.7 Å². The average molecular weight is 653 g/mol. The highest BCUT2D eigenvalue weighted by Crippen LogP contribution is 2.43. The number of carbonyl (C=O) groups excluding carboxylic acids is 1. The van der Waals surface area contributed by atoms with Gasteiger partial charge in [0.25, 0.3) is 5.91 Å². The van der Waals surface area contributed by atoms with Gasteiger partial charge in [-0.05, 0) is 96.8 Å². The summed E-state index contributed by atoms with van der Waals surface area (Å²) in [6, 6.07) is 24.3. The Morgan fingerprint density at radius 1 is 0.630 bits per heavy atom. The topological polar surface area (TPSA) is 83.9 Å². The highest BCUT2D eigenvalue weighted by atomic mass is 32.1. The highest BCUT2D eigenvalue weighted by molar-refractivity contribution is 7.19. The third-order valence-electron chi connectivity index (χ3n) is 8.15. The molecular weight excluding hydrogens is 613 g/mol. The molecule has 0 aliphatic carbocycles. The number of thiophene rings is 2. The minimum absolute atomic E-state index is 0.0413. The zero-order valence-electron chi connectivity index (χ0n) is 26.4. The number of aromatic nitrogens is 1. The van der Waals surface area contributed by atoms with Gasteiger partial charge in [0.2, 0.25) is 0 Å². The predicted molar refractivity (Wildman–Crippen MR) is 190 cm³/mol. The minimum atomic E-state index is -0.345. The minimum Gasteiger partial charge on any atom is -0.494 e. The normalized spacial score (nSPS) is 12.4. The molecule has 0 radical (unpaired) electrons. The lowest BCUT2D eigenvalue weighted by Gasteiger charge is -2.06. The number of benzene rings is 2. The Hall–Kier alpha value is -4.14. The van der Waals surface area contributed by atoms with E-state index in [9.17, 15) is 9.90 Å². The van der Waals surface area contributed by atoms with Crippen LogP contribution in [0.2, 0.25) is 0 Å². The number of hydrogen-bond donors (Lipinski definition) is 2. The van der Waals surface area contributed by atoms with E-state index in [0.717, 1.165) is 68.2 Å². The van der Waals surface area contributed by atoms with Crippen LogP contribution in [0.4, 0.5) is 0 Å². The van der Waals surface area contributed by atoms with E-state index in [1.165, 1.54) is 38.5 Å². The Labute approximate surface area is 278 Å². The number of fused-ring (bicyclic) bond motifs is 1. The van der Waals surface area contributed by atoms with Crippen molar-refractivity contribution in [2.75, 3.05) is 13.2 Å².